The third-order valence-corrected chi connectivity index (χ3v) is 4.17. The Morgan fingerprint density at radius 2 is 1.89 bits per heavy atom. The Kier molecular flexibility index (Phi) is 4.98. The summed E-state index contributed by atoms with van der Waals surface area (Å²) >= 11 is 0. The van der Waals surface area contributed by atoms with Gasteiger partial charge in [-0.25, -0.2) is 9.59 Å². The second-order valence-electron chi connectivity index (χ2n) is 5.78. The number of para-hydroxylation sites is 2. The summed E-state index contributed by atoms with van der Waals surface area (Å²) in [7, 11) is 2.76. The van der Waals surface area contributed by atoms with Crippen LogP contribution in [0.5, 0.6) is 5.75 Å². The van der Waals surface area contributed by atoms with Crippen molar-refractivity contribution in [3.8, 4) is 5.75 Å². The van der Waals surface area contributed by atoms with Gasteiger partial charge in [0.25, 0.3) is 0 Å². The van der Waals surface area contributed by atoms with E-state index in [2.05, 4.69) is 10.1 Å². The number of aromatic nitrogens is 1. The van der Waals surface area contributed by atoms with Crippen LogP contribution in [0.2, 0.25) is 0 Å². The lowest BCUT2D eigenvalue weighted by atomic mass is 10.2. The van der Waals surface area contributed by atoms with Crippen LogP contribution in [0.1, 0.15) is 23.3 Å². The molecule has 0 aliphatic carbocycles. The summed E-state index contributed by atoms with van der Waals surface area (Å²) < 4.78 is 16.3. The van der Waals surface area contributed by atoms with Crippen LogP contribution in [0, 0.1) is 0 Å². The van der Waals surface area contributed by atoms with Gasteiger partial charge in [-0.1, -0.05) is 12.1 Å². The number of rotatable bonds is 5. The molecule has 1 aromatic heterocycles. The van der Waals surface area contributed by atoms with E-state index in [1.165, 1.54) is 30.9 Å². The molecule has 0 bridgehead atoms. The minimum atomic E-state index is -0.854. The number of nitrogens with one attached hydrogen (secondary N) is 1. The average molecular weight is 370 g/mol. The molecule has 0 fully saturated rings. The number of benzene rings is 2. The van der Waals surface area contributed by atoms with Gasteiger partial charge < -0.3 is 19.2 Å². The number of hydrogen-bond donors (Lipinski definition) is 1. The molecule has 0 saturated heterocycles. The molecular weight excluding hydrogens is 352 g/mol. The standard InChI is InChI=1S/C19H18N2O6/c1-11(17(22)20-13-6-4-5-7-15(13)25-2)21-14-9-8-12(18(23)26-3)10-16(14)27-19(21)24/h4-11H,1-3H3,(H,20,22). The molecule has 0 aliphatic heterocycles. The van der Waals surface area contributed by atoms with Crippen LogP contribution in [0.4, 0.5) is 5.69 Å². The Labute approximate surface area is 154 Å². The number of anilines is 1. The summed E-state index contributed by atoms with van der Waals surface area (Å²) in [5.74, 6) is -1.16. The second-order valence-corrected chi connectivity index (χ2v) is 5.78. The molecular formula is C19H18N2O6. The normalized spacial score (nSPS) is 11.8. The fourth-order valence-electron chi connectivity index (χ4n) is 2.75. The maximum atomic E-state index is 12.7. The first-order valence-electron chi connectivity index (χ1n) is 8.13. The van der Waals surface area contributed by atoms with Gasteiger partial charge >= 0.3 is 11.7 Å². The highest BCUT2D eigenvalue weighted by molar-refractivity contribution is 5.96. The Balaban J connectivity index is 1.94. The molecule has 140 valence electrons. The quantitative estimate of drug-likeness (QED) is 0.693. The molecule has 8 heteroatoms. The first kappa shape index (κ1) is 18.2. The maximum Gasteiger partial charge on any atom is 0.420 e. The number of ether oxygens (including phenoxy) is 2. The third-order valence-electron chi connectivity index (χ3n) is 4.17. The number of carbonyl (C=O) groups excluding carboxylic acids is 2. The van der Waals surface area contributed by atoms with Gasteiger partial charge in [-0.05, 0) is 37.3 Å². The van der Waals surface area contributed by atoms with E-state index in [0.29, 0.717) is 17.0 Å². The smallest absolute Gasteiger partial charge is 0.420 e. The van der Waals surface area contributed by atoms with Crippen molar-refractivity contribution in [2.45, 2.75) is 13.0 Å². The van der Waals surface area contributed by atoms with Gasteiger partial charge in [0.1, 0.15) is 11.8 Å². The lowest BCUT2D eigenvalue weighted by Crippen LogP contribution is -2.29. The average Bonchev–Trinajstić information content (AvgIpc) is 3.01. The van der Waals surface area contributed by atoms with Crippen LogP contribution in [0.15, 0.2) is 51.7 Å². The van der Waals surface area contributed by atoms with E-state index in [1.54, 1.807) is 37.3 Å². The highest BCUT2D eigenvalue weighted by atomic mass is 16.5. The molecule has 0 aliphatic rings. The maximum absolute atomic E-state index is 12.7. The molecule has 0 saturated carbocycles. The van der Waals surface area contributed by atoms with Crippen LogP contribution in [0.25, 0.3) is 11.1 Å². The Hall–Kier alpha value is -3.55. The predicted molar refractivity (Wildman–Crippen MR) is 98.1 cm³/mol. The van der Waals surface area contributed by atoms with Gasteiger partial charge in [-0.2, -0.15) is 0 Å². The third kappa shape index (κ3) is 3.41. The molecule has 0 spiro atoms. The van der Waals surface area contributed by atoms with E-state index < -0.39 is 23.7 Å². The molecule has 1 N–H and O–H groups in total. The van der Waals surface area contributed by atoms with Crippen molar-refractivity contribution < 1.29 is 23.5 Å². The monoisotopic (exact) mass is 370 g/mol. The number of methoxy groups -OCH3 is 2. The lowest BCUT2D eigenvalue weighted by molar-refractivity contribution is -0.118. The zero-order chi connectivity index (χ0) is 19.6. The molecule has 8 nitrogen and oxygen atoms in total. The summed E-state index contributed by atoms with van der Waals surface area (Å²) in [6.45, 7) is 1.58. The van der Waals surface area contributed by atoms with E-state index in [0.717, 1.165) is 0 Å². The van der Waals surface area contributed by atoms with E-state index >= 15 is 0 Å². The number of oxazole rings is 1. The fourth-order valence-corrected chi connectivity index (χ4v) is 2.75. The molecule has 3 rings (SSSR count). The molecule has 27 heavy (non-hydrogen) atoms. The highest BCUT2D eigenvalue weighted by Crippen LogP contribution is 2.25. The van der Waals surface area contributed by atoms with E-state index in [1.807, 2.05) is 0 Å². The number of esters is 1. The minimum absolute atomic E-state index is 0.194. The van der Waals surface area contributed by atoms with Crippen LogP contribution in [-0.2, 0) is 9.53 Å². The number of hydrogen-bond acceptors (Lipinski definition) is 6. The van der Waals surface area contributed by atoms with Crippen molar-refractivity contribution in [3.05, 3.63) is 58.6 Å². The number of fused-ring (bicyclic) bond motifs is 1. The zero-order valence-corrected chi connectivity index (χ0v) is 15.0. The summed E-state index contributed by atoms with van der Waals surface area (Å²) in [5, 5.41) is 2.74. The lowest BCUT2D eigenvalue weighted by Gasteiger charge is -2.15. The molecule has 2 aromatic carbocycles. The van der Waals surface area contributed by atoms with Crippen molar-refractivity contribution in [1.29, 1.82) is 0 Å². The van der Waals surface area contributed by atoms with E-state index in [9.17, 15) is 14.4 Å². The topological polar surface area (TPSA) is 99.8 Å². The Morgan fingerprint density at radius 1 is 1.15 bits per heavy atom. The number of amides is 1. The predicted octanol–water partition coefficient (Wildman–Crippen LogP) is 2.59. The zero-order valence-electron chi connectivity index (χ0n) is 15.0. The van der Waals surface area contributed by atoms with Gasteiger partial charge in [0.15, 0.2) is 5.58 Å². The summed E-state index contributed by atoms with van der Waals surface area (Å²) in [6, 6.07) is 10.6. The first-order valence-corrected chi connectivity index (χ1v) is 8.13. The highest BCUT2D eigenvalue weighted by Gasteiger charge is 2.23. The SMILES string of the molecule is COC(=O)c1ccc2c(c1)oc(=O)n2C(C)C(=O)Nc1ccccc1OC. The van der Waals surface area contributed by atoms with Crippen molar-refractivity contribution in [1.82, 2.24) is 4.57 Å². The summed E-state index contributed by atoms with van der Waals surface area (Å²) in [4.78, 5) is 36.6. The molecule has 0 radical (unpaired) electrons. The number of nitrogens with zero attached hydrogens (tertiary/aromatic N) is 1. The van der Waals surface area contributed by atoms with E-state index in [-0.39, 0.29) is 11.1 Å². The van der Waals surface area contributed by atoms with Crippen LogP contribution in [0.3, 0.4) is 0 Å². The van der Waals surface area contributed by atoms with Crippen molar-refractivity contribution in [3.63, 3.8) is 0 Å². The summed E-state index contributed by atoms with van der Waals surface area (Å²) in [6.07, 6.45) is 0. The van der Waals surface area contributed by atoms with Crippen LogP contribution < -0.4 is 15.8 Å². The van der Waals surface area contributed by atoms with Gasteiger partial charge in [0, 0.05) is 0 Å². The largest absolute Gasteiger partial charge is 0.495 e. The van der Waals surface area contributed by atoms with Crippen LogP contribution in [-0.4, -0.2) is 30.7 Å². The van der Waals surface area contributed by atoms with Crippen molar-refractivity contribution in [2.24, 2.45) is 0 Å². The Morgan fingerprint density at radius 3 is 2.59 bits per heavy atom. The summed E-state index contributed by atoms with van der Waals surface area (Å²) in [5.41, 5.74) is 1.33. The van der Waals surface area contributed by atoms with Crippen LogP contribution >= 0.6 is 0 Å². The molecule has 1 amide bonds. The van der Waals surface area contributed by atoms with Gasteiger partial charge in [0.2, 0.25) is 5.91 Å². The minimum Gasteiger partial charge on any atom is -0.495 e. The van der Waals surface area contributed by atoms with Crippen molar-refractivity contribution in [2.75, 3.05) is 19.5 Å². The Bertz CT molecular complexity index is 1070. The van der Waals surface area contributed by atoms with Gasteiger partial charge in [0.05, 0.1) is 31.0 Å². The number of carbonyl (C=O) groups is 2. The van der Waals surface area contributed by atoms with Crippen molar-refractivity contribution >= 4 is 28.7 Å². The molecule has 1 unspecified atom stereocenters. The van der Waals surface area contributed by atoms with E-state index in [4.69, 9.17) is 9.15 Å². The first-order chi connectivity index (χ1) is 13.0. The van der Waals surface area contributed by atoms with Gasteiger partial charge in [-0.3, -0.25) is 9.36 Å². The van der Waals surface area contributed by atoms with Gasteiger partial charge in [-0.15, -0.1) is 0 Å². The molecule has 1 heterocycles. The molecule has 3 aromatic rings. The second kappa shape index (κ2) is 7.36. The fraction of sp³-hybridized carbons (Fsp3) is 0.211. The molecule has 1 atom stereocenters.